The van der Waals surface area contributed by atoms with E-state index >= 15 is 0 Å². The second-order valence-electron chi connectivity index (χ2n) is 6.09. The Bertz CT molecular complexity index is 1220. The van der Waals surface area contributed by atoms with Crippen LogP contribution in [0.5, 0.6) is 0 Å². The van der Waals surface area contributed by atoms with E-state index in [0.717, 1.165) is 11.9 Å². The van der Waals surface area contributed by atoms with Gasteiger partial charge in [-0.3, -0.25) is 25.8 Å². The molecule has 11 heteroatoms. The van der Waals surface area contributed by atoms with Gasteiger partial charge in [0.1, 0.15) is 11.8 Å². The Hall–Kier alpha value is -4.41. The molecule has 0 spiro atoms. The lowest BCUT2D eigenvalue weighted by Gasteiger charge is -2.10. The fourth-order valence-corrected chi connectivity index (χ4v) is 2.70. The third kappa shape index (κ3) is 3.43. The Balaban J connectivity index is 1.68. The minimum atomic E-state index is -0.647. The fraction of sp³-hybridized carbons (Fsp3) is 0.0556. The van der Waals surface area contributed by atoms with E-state index < -0.39 is 16.5 Å². The lowest BCUT2D eigenvalue weighted by Crippen LogP contribution is -2.30. The summed E-state index contributed by atoms with van der Waals surface area (Å²) >= 11 is 0. The maximum atomic E-state index is 12.3. The molecule has 4 rings (SSSR count). The number of carbonyl (C=O) groups excluding carboxylic acids is 1. The number of anilines is 1. The lowest BCUT2D eigenvalue weighted by atomic mass is 10.1. The summed E-state index contributed by atoms with van der Waals surface area (Å²) in [5.41, 5.74) is 6.96. The average Bonchev–Trinajstić information content (AvgIpc) is 3.16. The van der Waals surface area contributed by atoms with Gasteiger partial charge in [0.15, 0.2) is 0 Å². The van der Waals surface area contributed by atoms with E-state index in [1.807, 2.05) is 6.92 Å². The molecule has 0 aliphatic carbocycles. The topological polar surface area (TPSA) is 141 Å². The van der Waals surface area contributed by atoms with E-state index in [2.05, 4.69) is 31.1 Å². The minimum absolute atomic E-state index is 0.0780. The number of hydrogen-bond acceptors (Lipinski definition) is 8. The summed E-state index contributed by atoms with van der Waals surface area (Å²) in [5.74, 6) is -0.725. The van der Waals surface area contributed by atoms with Crippen LogP contribution in [-0.4, -0.2) is 35.8 Å². The summed E-state index contributed by atoms with van der Waals surface area (Å²) in [6.07, 6.45) is 1.14. The van der Waals surface area contributed by atoms with Crippen LogP contribution in [-0.2, 0) is 0 Å². The largest absolute Gasteiger partial charge is 0.357 e. The summed E-state index contributed by atoms with van der Waals surface area (Å²) < 4.78 is 1.25. The molecule has 1 amide bonds. The highest BCUT2D eigenvalue weighted by atomic mass is 16.6. The highest BCUT2D eigenvalue weighted by molar-refractivity contribution is 5.95. The first-order valence-electron chi connectivity index (χ1n) is 8.48. The van der Waals surface area contributed by atoms with Gasteiger partial charge in [-0.2, -0.15) is 4.68 Å². The molecule has 0 saturated heterocycles. The van der Waals surface area contributed by atoms with Crippen LogP contribution in [0.25, 0.3) is 16.9 Å². The third-order valence-corrected chi connectivity index (χ3v) is 4.15. The zero-order valence-corrected chi connectivity index (χ0v) is 15.1. The summed E-state index contributed by atoms with van der Waals surface area (Å²) in [5, 5.41) is 19.7. The van der Waals surface area contributed by atoms with Crippen molar-refractivity contribution in [3.63, 3.8) is 0 Å². The van der Waals surface area contributed by atoms with Gasteiger partial charge in [-0.15, -0.1) is 5.10 Å². The molecule has 11 nitrogen and oxygen atoms in total. The molecule has 144 valence electrons. The molecule has 2 heterocycles. The molecule has 29 heavy (non-hydrogen) atoms. The van der Waals surface area contributed by atoms with Crippen LogP contribution >= 0.6 is 0 Å². The minimum Gasteiger partial charge on any atom is -0.276 e. The number of aromatic nitrogens is 5. The number of para-hydroxylation sites is 1. The number of nitrogens with zero attached hydrogens (tertiary/aromatic N) is 6. The molecule has 2 N–H and O–H groups in total. The molecule has 0 aliphatic rings. The molecule has 2 aromatic carbocycles. The van der Waals surface area contributed by atoms with Crippen LogP contribution in [0.15, 0.2) is 54.9 Å². The Morgan fingerprint density at radius 3 is 2.62 bits per heavy atom. The highest BCUT2D eigenvalue weighted by Gasteiger charge is 2.26. The van der Waals surface area contributed by atoms with Crippen LogP contribution in [0, 0.1) is 17.0 Å². The number of fused-ring (bicyclic) bond motifs is 1. The van der Waals surface area contributed by atoms with Crippen molar-refractivity contribution in [3.8, 4) is 5.82 Å². The van der Waals surface area contributed by atoms with E-state index in [1.54, 1.807) is 48.5 Å². The van der Waals surface area contributed by atoms with Crippen molar-refractivity contribution in [2.45, 2.75) is 6.92 Å². The molecular weight excluding hydrogens is 376 g/mol. The van der Waals surface area contributed by atoms with Crippen molar-refractivity contribution in [1.82, 2.24) is 30.4 Å². The number of amides is 1. The Kier molecular flexibility index (Phi) is 4.53. The van der Waals surface area contributed by atoms with Gasteiger partial charge in [-0.25, -0.2) is 9.97 Å². The first kappa shape index (κ1) is 18.0. The Labute approximate surface area is 163 Å². The second-order valence-corrected chi connectivity index (χ2v) is 6.09. The quantitative estimate of drug-likeness (QED) is 0.390. The highest BCUT2D eigenvalue weighted by Crippen LogP contribution is 2.28. The predicted octanol–water partition coefficient (Wildman–Crippen LogP) is 2.18. The second kappa shape index (κ2) is 7.31. The standard InChI is InChI=1S/C18H14N8O3/c1-11-6-8-12(9-7-11)18(27)23-22-16-15(26(28)29)17(20-10-19-16)25-14-5-3-2-4-13(14)21-24-25/h2-10H,1H3,(H,23,27)(H,19,20,22). The molecule has 0 aliphatic heterocycles. The summed E-state index contributed by atoms with van der Waals surface area (Å²) in [6, 6.07) is 13.9. The number of hydrazine groups is 1. The fourth-order valence-electron chi connectivity index (χ4n) is 2.70. The van der Waals surface area contributed by atoms with E-state index in [0.29, 0.717) is 16.6 Å². The summed E-state index contributed by atoms with van der Waals surface area (Å²) in [4.78, 5) is 31.3. The van der Waals surface area contributed by atoms with Gasteiger partial charge >= 0.3 is 5.69 Å². The van der Waals surface area contributed by atoms with Gasteiger partial charge < -0.3 is 0 Å². The number of benzene rings is 2. The van der Waals surface area contributed by atoms with Gasteiger partial charge in [0.2, 0.25) is 11.6 Å². The van der Waals surface area contributed by atoms with Crippen molar-refractivity contribution >= 4 is 28.4 Å². The molecule has 4 aromatic rings. The van der Waals surface area contributed by atoms with Gasteiger partial charge in [-0.05, 0) is 31.2 Å². The molecule has 0 fully saturated rings. The smallest absolute Gasteiger partial charge is 0.276 e. The first-order chi connectivity index (χ1) is 14.0. The van der Waals surface area contributed by atoms with Crippen molar-refractivity contribution in [3.05, 3.63) is 76.1 Å². The third-order valence-electron chi connectivity index (χ3n) is 4.15. The lowest BCUT2D eigenvalue weighted by molar-refractivity contribution is -0.384. The van der Waals surface area contributed by atoms with Gasteiger partial charge in [-0.1, -0.05) is 35.0 Å². The van der Waals surface area contributed by atoms with Crippen LogP contribution in [0.4, 0.5) is 11.5 Å². The number of carbonyl (C=O) groups is 1. The zero-order valence-electron chi connectivity index (χ0n) is 15.1. The SMILES string of the molecule is Cc1ccc(C(=O)NNc2ncnc(-n3nnc4ccccc43)c2[N+](=O)[O-])cc1. The number of nitrogens with one attached hydrogen (secondary N) is 2. The van der Waals surface area contributed by atoms with E-state index in [-0.39, 0.29) is 11.6 Å². The van der Waals surface area contributed by atoms with Crippen molar-refractivity contribution in [2.75, 3.05) is 5.43 Å². The van der Waals surface area contributed by atoms with E-state index in [9.17, 15) is 14.9 Å². The molecule has 0 saturated carbocycles. The predicted molar refractivity (Wildman–Crippen MR) is 103 cm³/mol. The maximum absolute atomic E-state index is 12.3. The first-order valence-corrected chi connectivity index (χ1v) is 8.48. The van der Waals surface area contributed by atoms with Crippen molar-refractivity contribution in [1.29, 1.82) is 0 Å². The monoisotopic (exact) mass is 390 g/mol. The summed E-state index contributed by atoms with van der Waals surface area (Å²) in [7, 11) is 0. The number of nitro groups is 1. The van der Waals surface area contributed by atoms with Crippen molar-refractivity contribution < 1.29 is 9.72 Å². The summed E-state index contributed by atoms with van der Waals surface area (Å²) in [6.45, 7) is 1.90. The molecule has 0 atom stereocenters. The molecule has 0 radical (unpaired) electrons. The average molecular weight is 390 g/mol. The van der Waals surface area contributed by atoms with Crippen LogP contribution in [0.2, 0.25) is 0 Å². The van der Waals surface area contributed by atoms with E-state index in [4.69, 9.17) is 0 Å². The number of aryl methyl sites for hydroxylation is 1. The maximum Gasteiger partial charge on any atom is 0.357 e. The zero-order chi connectivity index (χ0) is 20.4. The van der Waals surface area contributed by atoms with Crippen LogP contribution in [0.3, 0.4) is 0 Å². The molecule has 0 bridgehead atoms. The van der Waals surface area contributed by atoms with Gasteiger partial charge in [0, 0.05) is 5.56 Å². The van der Waals surface area contributed by atoms with Crippen LogP contribution < -0.4 is 10.9 Å². The molecule has 0 unspecified atom stereocenters. The number of rotatable bonds is 5. The van der Waals surface area contributed by atoms with E-state index in [1.165, 1.54) is 4.68 Å². The number of hydrogen-bond donors (Lipinski definition) is 2. The van der Waals surface area contributed by atoms with Crippen molar-refractivity contribution in [2.24, 2.45) is 0 Å². The van der Waals surface area contributed by atoms with Gasteiger partial charge in [0.25, 0.3) is 5.91 Å². The molecular formula is C18H14N8O3. The molecule has 2 aromatic heterocycles. The Morgan fingerprint density at radius 1 is 1.10 bits per heavy atom. The normalized spacial score (nSPS) is 10.7. The van der Waals surface area contributed by atoms with Crippen LogP contribution in [0.1, 0.15) is 15.9 Å². The Morgan fingerprint density at radius 2 is 1.86 bits per heavy atom. The van der Waals surface area contributed by atoms with Gasteiger partial charge in [0.05, 0.1) is 10.4 Å².